The summed E-state index contributed by atoms with van der Waals surface area (Å²) in [5.41, 5.74) is 1.20. The standard InChI is InChI=1S/C17H19Cl2NS/c1-12(2)10-20-11-13-6-5-8-15(19)17(13)21-16-9-4-3-7-14(16)18/h3-9,12,20H,10-11H2,1-2H3. The van der Waals surface area contributed by atoms with Crippen molar-refractivity contribution in [3.05, 3.63) is 58.1 Å². The Morgan fingerprint density at radius 3 is 2.43 bits per heavy atom. The van der Waals surface area contributed by atoms with Crippen molar-refractivity contribution in [3.8, 4) is 0 Å². The first-order valence-corrected chi connectivity index (χ1v) is 8.55. The largest absolute Gasteiger partial charge is 0.312 e. The summed E-state index contributed by atoms with van der Waals surface area (Å²) in [5.74, 6) is 0.629. The summed E-state index contributed by atoms with van der Waals surface area (Å²) in [6, 6.07) is 13.9. The Balaban J connectivity index is 2.20. The fourth-order valence-electron chi connectivity index (χ4n) is 1.94. The van der Waals surface area contributed by atoms with Crippen molar-refractivity contribution in [2.45, 2.75) is 30.2 Å². The molecule has 2 rings (SSSR count). The normalized spacial score (nSPS) is 11.1. The van der Waals surface area contributed by atoms with Crippen LogP contribution in [0.15, 0.2) is 52.3 Å². The number of halogens is 2. The summed E-state index contributed by atoms with van der Waals surface area (Å²) in [6.45, 7) is 6.20. The monoisotopic (exact) mass is 339 g/mol. The molecule has 1 nitrogen and oxygen atoms in total. The Kier molecular flexibility index (Phi) is 6.43. The quantitative estimate of drug-likeness (QED) is 0.704. The highest BCUT2D eigenvalue weighted by Crippen LogP contribution is 2.39. The van der Waals surface area contributed by atoms with Crippen LogP contribution in [0.5, 0.6) is 0 Å². The van der Waals surface area contributed by atoms with Crippen LogP contribution < -0.4 is 5.32 Å². The number of rotatable bonds is 6. The Bertz CT molecular complexity index is 599. The minimum absolute atomic E-state index is 0.629. The number of hydrogen-bond acceptors (Lipinski definition) is 2. The molecule has 0 aromatic heterocycles. The summed E-state index contributed by atoms with van der Waals surface area (Å²) >= 11 is 14.2. The predicted octanol–water partition coefficient (Wildman–Crippen LogP) is 5.89. The molecule has 0 heterocycles. The number of nitrogens with one attached hydrogen (secondary N) is 1. The lowest BCUT2D eigenvalue weighted by atomic mass is 10.2. The van der Waals surface area contributed by atoms with Crippen LogP contribution in [0.25, 0.3) is 0 Å². The van der Waals surface area contributed by atoms with E-state index >= 15 is 0 Å². The molecule has 1 N–H and O–H groups in total. The van der Waals surface area contributed by atoms with E-state index in [9.17, 15) is 0 Å². The van der Waals surface area contributed by atoms with E-state index in [1.165, 1.54) is 5.56 Å². The minimum atomic E-state index is 0.629. The molecule has 0 aliphatic carbocycles. The van der Waals surface area contributed by atoms with Gasteiger partial charge < -0.3 is 5.32 Å². The topological polar surface area (TPSA) is 12.0 Å². The van der Waals surface area contributed by atoms with Gasteiger partial charge in [0.1, 0.15) is 0 Å². The highest BCUT2D eigenvalue weighted by molar-refractivity contribution is 7.99. The molecule has 0 bridgehead atoms. The summed E-state index contributed by atoms with van der Waals surface area (Å²) in [7, 11) is 0. The third kappa shape index (κ3) is 4.93. The molecule has 0 saturated heterocycles. The van der Waals surface area contributed by atoms with Gasteiger partial charge in [0, 0.05) is 16.3 Å². The molecule has 4 heteroatoms. The van der Waals surface area contributed by atoms with Crippen molar-refractivity contribution in [2.75, 3.05) is 6.54 Å². The maximum atomic E-state index is 6.38. The van der Waals surface area contributed by atoms with Crippen LogP contribution in [-0.4, -0.2) is 6.54 Å². The van der Waals surface area contributed by atoms with Crippen LogP contribution in [0, 0.1) is 5.92 Å². The number of hydrogen-bond donors (Lipinski definition) is 1. The van der Waals surface area contributed by atoms with Crippen LogP contribution in [0.3, 0.4) is 0 Å². The SMILES string of the molecule is CC(C)CNCc1cccc(Cl)c1Sc1ccccc1Cl. The highest BCUT2D eigenvalue weighted by Gasteiger charge is 2.10. The zero-order valence-electron chi connectivity index (χ0n) is 12.2. The molecule has 0 saturated carbocycles. The first-order valence-electron chi connectivity index (χ1n) is 6.98. The molecule has 0 atom stereocenters. The molecule has 21 heavy (non-hydrogen) atoms. The minimum Gasteiger partial charge on any atom is -0.312 e. The lowest BCUT2D eigenvalue weighted by Gasteiger charge is -2.13. The highest BCUT2D eigenvalue weighted by atomic mass is 35.5. The third-order valence-corrected chi connectivity index (χ3v) is 5.10. The van der Waals surface area contributed by atoms with Gasteiger partial charge in [0.2, 0.25) is 0 Å². The van der Waals surface area contributed by atoms with Gasteiger partial charge in [-0.2, -0.15) is 0 Å². The molecular formula is C17H19Cl2NS. The molecule has 0 aliphatic rings. The van der Waals surface area contributed by atoms with Crippen LogP contribution in [0.2, 0.25) is 10.0 Å². The number of benzene rings is 2. The van der Waals surface area contributed by atoms with Gasteiger partial charge in [0.05, 0.1) is 10.0 Å². The summed E-state index contributed by atoms with van der Waals surface area (Å²) in [6.07, 6.45) is 0. The summed E-state index contributed by atoms with van der Waals surface area (Å²) < 4.78 is 0. The van der Waals surface area contributed by atoms with E-state index in [0.717, 1.165) is 32.9 Å². The van der Waals surface area contributed by atoms with Gasteiger partial charge in [-0.05, 0) is 36.2 Å². The van der Waals surface area contributed by atoms with Crippen LogP contribution >= 0.6 is 35.0 Å². The first kappa shape index (κ1) is 16.7. The van der Waals surface area contributed by atoms with Crippen molar-refractivity contribution in [1.82, 2.24) is 5.32 Å². The molecule has 0 unspecified atom stereocenters. The van der Waals surface area contributed by atoms with E-state index in [-0.39, 0.29) is 0 Å². The second-order valence-electron chi connectivity index (χ2n) is 5.29. The van der Waals surface area contributed by atoms with E-state index in [2.05, 4.69) is 25.2 Å². The van der Waals surface area contributed by atoms with Crippen LogP contribution in [0.1, 0.15) is 19.4 Å². The van der Waals surface area contributed by atoms with E-state index in [1.54, 1.807) is 11.8 Å². The fraction of sp³-hybridized carbons (Fsp3) is 0.294. The van der Waals surface area contributed by atoms with Crippen molar-refractivity contribution >= 4 is 35.0 Å². The van der Waals surface area contributed by atoms with E-state index in [4.69, 9.17) is 23.2 Å². The second kappa shape index (κ2) is 8.09. The Morgan fingerprint density at radius 2 is 1.71 bits per heavy atom. The molecule has 0 radical (unpaired) electrons. The van der Waals surface area contributed by atoms with Gasteiger partial charge in [0.15, 0.2) is 0 Å². The van der Waals surface area contributed by atoms with Crippen molar-refractivity contribution < 1.29 is 0 Å². The molecule has 112 valence electrons. The molecule has 0 amide bonds. The maximum Gasteiger partial charge on any atom is 0.0548 e. The van der Waals surface area contributed by atoms with Gasteiger partial charge in [0.25, 0.3) is 0 Å². The fourth-order valence-corrected chi connectivity index (χ4v) is 3.47. The molecule has 0 spiro atoms. The third-order valence-electron chi connectivity index (χ3n) is 2.97. The van der Waals surface area contributed by atoms with Gasteiger partial charge in [-0.25, -0.2) is 0 Å². The molecule has 0 fully saturated rings. The zero-order chi connectivity index (χ0) is 15.2. The first-order chi connectivity index (χ1) is 10.1. The predicted molar refractivity (Wildman–Crippen MR) is 93.6 cm³/mol. The summed E-state index contributed by atoms with van der Waals surface area (Å²) in [4.78, 5) is 2.10. The van der Waals surface area contributed by atoms with E-state index in [0.29, 0.717) is 5.92 Å². The van der Waals surface area contributed by atoms with Crippen LogP contribution in [0.4, 0.5) is 0 Å². The van der Waals surface area contributed by atoms with E-state index in [1.807, 2.05) is 36.4 Å². The lowest BCUT2D eigenvalue weighted by Crippen LogP contribution is -2.19. The Labute approximate surface area is 141 Å². The van der Waals surface area contributed by atoms with Gasteiger partial charge in [-0.3, -0.25) is 0 Å². The second-order valence-corrected chi connectivity index (χ2v) is 7.15. The van der Waals surface area contributed by atoms with Gasteiger partial charge >= 0.3 is 0 Å². The molecule has 2 aromatic carbocycles. The molecule has 2 aromatic rings. The Morgan fingerprint density at radius 1 is 1.00 bits per heavy atom. The van der Waals surface area contributed by atoms with Gasteiger partial charge in [-0.1, -0.05) is 73.1 Å². The molecule has 0 aliphatic heterocycles. The lowest BCUT2D eigenvalue weighted by molar-refractivity contribution is 0.550. The van der Waals surface area contributed by atoms with Crippen molar-refractivity contribution in [3.63, 3.8) is 0 Å². The van der Waals surface area contributed by atoms with Crippen molar-refractivity contribution in [1.29, 1.82) is 0 Å². The van der Waals surface area contributed by atoms with E-state index < -0.39 is 0 Å². The zero-order valence-corrected chi connectivity index (χ0v) is 14.5. The van der Waals surface area contributed by atoms with Crippen molar-refractivity contribution in [2.24, 2.45) is 5.92 Å². The smallest absolute Gasteiger partial charge is 0.0548 e. The van der Waals surface area contributed by atoms with Gasteiger partial charge in [-0.15, -0.1) is 0 Å². The Hall–Kier alpha value is -0.670. The molecular weight excluding hydrogens is 321 g/mol. The summed E-state index contributed by atoms with van der Waals surface area (Å²) in [5, 5.41) is 4.98. The van der Waals surface area contributed by atoms with Crippen LogP contribution in [-0.2, 0) is 6.54 Å². The average molecular weight is 340 g/mol. The maximum absolute atomic E-state index is 6.38. The average Bonchev–Trinajstić information content (AvgIpc) is 2.44.